The number of alkyl halides is 2. The summed E-state index contributed by atoms with van der Waals surface area (Å²) in [6.07, 6.45) is 2.92. The van der Waals surface area contributed by atoms with E-state index in [1.165, 1.54) is 17.2 Å². The van der Waals surface area contributed by atoms with Crippen LogP contribution >= 0.6 is 0 Å². The summed E-state index contributed by atoms with van der Waals surface area (Å²) in [6, 6.07) is 7.53. The Morgan fingerprint density at radius 2 is 2.04 bits per heavy atom. The minimum Gasteiger partial charge on any atom is -0.330 e. The van der Waals surface area contributed by atoms with Crippen molar-refractivity contribution in [3.8, 4) is 0 Å². The minimum absolute atomic E-state index is 0.0153. The van der Waals surface area contributed by atoms with Crippen LogP contribution in [-0.4, -0.2) is 27.1 Å². The van der Waals surface area contributed by atoms with Crippen LogP contribution in [0.3, 0.4) is 0 Å². The lowest BCUT2D eigenvalue weighted by Gasteiger charge is -2.25. The molecule has 1 aliphatic heterocycles. The zero-order valence-corrected chi connectivity index (χ0v) is 13.2. The topological polar surface area (TPSA) is 38.1 Å². The SMILES string of the molecule is Cc1ccc(C2CCCN2C(=O)c2ccn(C(F)F)n2)cc1C. The summed E-state index contributed by atoms with van der Waals surface area (Å²) < 4.78 is 25.7. The molecule has 1 saturated heterocycles. The average Bonchev–Trinajstić information content (AvgIpc) is 3.18. The molecule has 0 bridgehead atoms. The van der Waals surface area contributed by atoms with E-state index in [-0.39, 0.29) is 17.6 Å². The van der Waals surface area contributed by atoms with E-state index in [1.807, 2.05) is 19.9 Å². The highest BCUT2D eigenvalue weighted by atomic mass is 19.3. The van der Waals surface area contributed by atoms with Gasteiger partial charge in [0.15, 0.2) is 5.69 Å². The van der Waals surface area contributed by atoms with Crippen LogP contribution in [0.15, 0.2) is 30.5 Å². The van der Waals surface area contributed by atoms with Gasteiger partial charge in [-0.2, -0.15) is 13.9 Å². The van der Waals surface area contributed by atoms with Crippen LogP contribution in [0.2, 0.25) is 0 Å². The van der Waals surface area contributed by atoms with E-state index in [4.69, 9.17) is 0 Å². The zero-order chi connectivity index (χ0) is 16.6. The monoisotopic (exact) mass is 319 g/mol. The predicted octanol–water partition coefficient (Wildman–Crippen LogP) is 3.87. The van der Waals surface area contributed by atoms with E-state index in [2.05, 4.69) is 17.2 Å². The number of hydrogen-bond donors (Lipinski definition) is 0. The molecule has 1 fully saturated rings. The number of halogens is 2. The molecule has 0 aliphatic carbocycles. The van der Waals surface area contributed by atoms with Crippen molar-refractivity contribution >= 4 is 5.91 Å². The van der Waals surface area contributed by atoms with Crippen LogP contribution in [0.4, 0.5) is 8.78 Å². The van der Waals surface area contributed by atoms with Crippen LogP contribution < -0.4 is 0 Å². The number of likely N-dealkylation sites (tertiary alicyclic amines) is 1. The predicted molar refractivity (Wildman–Crippen MR) is 82.4 cm³/mol. The Bertz CT molecular complexity index is 726. The average molecular weight is 319 g/mol. The molecule has 6 heteroatoms. The lowest BCUT2D eigenvalue weighted by molar-refractivity contribution is 0.0549. The number of rotatable bonds is 3. The minimum atomic E-state index is -2.73. The summed E-state index contributed by atoms with van der Waals surface area (Å²) in [7, 11) is 0. The van der Waals surface area contributed by atoms with Gasteiger partial charge in [0.25, 0.3) is 5.91 Å². The third-order valence-electron chi connectivity index (χ3n) is 4.46. The van der Waals surface area contributed by atoms with Crippen molar-refractivity contribution in [1.82, 2.24) is 14.7 Å². The van der Waals surface area contributed by atoms with Gasteiger partial charge in [-0.15, -0.1) is 0 Å². The van der Waals surface area contributed by atoms with Crippen molar-refractivity contribution in [3.05, 3.63) is 52.8 Å². The number of nitrogens with zero attached hydrogens (tertiary/aromatic N) is 3. The van der Waals surface area contributed by atoms with Gasteiger partial charge in [0.05, 0.1) is 6.04 Å². The van der Waals surface area contributed by atoms with Crippen LogP contribution in [-0.2, 0) is 0 Å². The molecular weight excluding hydrogens is 300 g/mol. The molecular formula is C17H19F2N3O. The molecule has 3 rings (SSSR count). The van der Waals surface area contributed by atoms with Crippen molar-refractivity contribution in [2.75, 3.05) is 6.54 Å². The Morgan fingerprint density at radius 3 is 2.70 bits per heavy atom. The van der Waals surface area contributed by atoms with Crippen LogP contribution in [0, 0.1) is 13.8 Å². The maximum Gasteiger partial charge on any atom is 0.333 e. The van der Waals surface area contributed by atoms with Crippen LogP contribution in [0.1, 0.15) is 52.6 Å². The molecule has 1 aromatic carbocycles. The fourth-order valence-electron chi connectivity index (χ4n) is 3.04. The summed E-state index contributed by atoms with van der Waals surface area (Å²) in [5.74, 6) is -0.287. The van der Waals surface area contributed by atoms with E-state index in [0.717, 1.165) is 24.6 Å². The zero-order valence-electron chi connectivity index (χ0n) is 13.2. The normalized spacial score (nSPS) is 18.0. The number of carbonyl (C=O) groups is 1. The largest absolute Gasteiger partial charge is 0.333 e. The van der Waals surface area contributed by atoms with Crippen LogP contribution in [0.5, 0.6) is 0 Å². The number of hydrogen-bond acceptors (Lipinski definition) is 2. The maximum absolute atomic E-state index is 12.6. The van der Waals surface area contributed by atoms with Gasteiger partial charge in [0.2, 0.25) is 0 Å². The molecule has 122 valence electrons. The first kappa shape index (κ1) is 15.6. The first-order chi connectivity index (χ1) is 11.0. The van der Waals surface area contributed by atoms with E-state index < -0.39 is 6.55 Å². The molecule has 0 radical (unpaired) electrons. The van der Waals surface area contributed by atoms with E-state index in [0.29, 0.717) is 11.2 Å². The van der Waals surface area contributed by atoms with Crippen molar-refractivity contribution in [2.45, 2.75) is 39.3 Å². The lowest BCUT2D eigenvalue weighted by atomic mass is 9.99. The first-order valence-electron chi connectivity index (χ1n) is 7.69. The highest BCUT2D eigenvalue weighted by molar-refractivity contribution is 5.92. The van der Waals surface area contributed by atoms with Gasteiger partial charge in [0.1, 0.15) is 0 Å². The quantitative estimate of drug-likeness (QED) is 0.861. The first-order valence-corrected chi connectivity index (χ1v) is 7.69. The van der Waals surface area contributed by atoms with Gasteiger partial charge in [-0.05, 0) is 49.4 Å². The molecule has 2 aromatic rings. The lowest BCUT2D eigenvalue weighted by Crippen LogP contribution is -2.31. The highest BCUT2D eigenvalue weighted by Crippen LogP contribution is 2.33. The summed E-state index contributed by atoms with van der Waals surface area (Å²) in [6.45, 7) is 1.99. The Kier molecular flexibility index (Phi) is 4.15. The fourth-order valence-corrected chi connectivity index (χ4v) is 3.04. The Labute approximate surface area is 133 Å². The van der Waals surface area contributed by atoms with Gasteiger partial charge in [0, 0.05) is 12.7 Å². The van der Waals surface area contributed by atoms with Gasteiger partial charge in [-0.1, -0.05) is 18.2 Å². The van der Waals surface area contributed by atoms with Gasteiger partial charge in [-0.3, -0.25) is 4.79 Å². The van der Waals surface area contributed by atoms with E-state index in [1.54, 1.807) is 4.90 Å². The molecule has 1 aromatic heterocycles. The molecule has 1 aliphatic rings. The van der Waals surface area contributed by atoms with E-state index >= 15 is 0 Å². The van der Waals surface area contributed by atoms with E-state index in [9.17, 15) is 13.6 Å². The van der Waals surface area contributed by atoms with Gasteiger partial charge in [-0.25, -0.2) is 4.68 Å². The molecule has 0 N–H and O–H groups in total. The molecule has 1 amide bonds. The Hall–Kier alpha value is -2.24. The van der Waals surface area contributed by atoms with Crippen LogP contribution in [0.25, 0.3) is 0 Å². The molecule has 0 saturated carbocycles. The Morgan fingerprint density at radius 1 is 1.26 bits per heavy atom. The number of aromatic nitrogens is 2. The standard InChI is InChI=1S/C17H19F2N3O/c1-11-5-6-13(10-12(11)2)15-4-3-8-21(15)16(23)14-7-9-22(20-14)17(18)19/h5-7,9-10,15,17H,3-4,8H2,1-2H3. The van der Waals surface area contributed by atoms with Gasteiger partial charge >= 0.3 is 6.55 Å². The van der Waals surface area contributed by atoms with Crippen molar-refractivity contribution in [2.24, 2.45) is 0 Å². The van der Waals surface area contributed by atoms with Crippen molar-refractivity contribution < 1.29 is 13.6 Å². The van der Waals surface area contributed by atoms with Crippen molar-refractivity contribution in [3.63, 3.8) is 0 Å². The smallest absolute Gasteiger partial charge is 0.330 e. The molecule has 1 atom stereocenters. The molecule has 23 heavy (non-hydrogen) atoms. The van der Waals surface area contributed by atoms with Gasteiger partial charge < -0.3 is 4.90 Å². The molecule has 1 unspecified atom stereocenters. The maximum atomic E-state index is 12.6. The summed E-state index contributed by atoms with van der Waals surface area (Å²) in [4.78, 5) is 14.4. The summed E-state index contributed by atoms with van der Waals surface area (Å²) in [5.41, 5.74) is 3.55. The summed E-state index contributed by atoms with van der Waals surface area (Å²) >= 11 is 0. The fraction of sp³-hybridized carbons (Fsp3) is 0.412. The second-order valence-corrected chi connectivity index (χ2v) is 5.96. The third-order valence-corrected chi connectivity index (χ3v) is 4.46. The molecule has 2 heterocycles. The second-order valence-electron chi connectivity index (χ2n) is 5.96. The second kappa shape index (κ2) is 6.10. The summed E-state index contributed by atoms with van der Waals surface area (Å²) in [5, 5.41) is 3.69. The number of benzene rings is 1. The number of aryl methyl sites for hydroxylation is 2. The van der Waals surface area contributed by atoms with Crippen molar-refractivity contribution in [1.29, 1.82) is 0 Å². The Balaban J connectivity index is 1.85. The molecule has 4 nitrogen and oxygen atoms in total. The molecule has 0 spiro atoms. The number of carbonyl (C=O) groups excluding carboxylic acids is 1. The number of amides is 1. The highest BCUT2D eigenvalue weighted by Gasteiger charge is 2.32. The third kappa shape index (κ3) is 2.98.